The highest BCUT2D eigenvalue weighted by atomic mass is 16.5. The molecule has 0 heterocycles. The fourth-order valence-electron chi connectivity index (χ4n) is 3.18. The fraction of sp³-hybridized carbons (Fsp3) is 0.200. The van der Waals surface area contributed by atoms with Gasteiger partial charge in [0.15, 0.2) is 5.78 Å². The van der Waals surface area contributed by atoms with E-state index in [0.717, 1.165) is 16.7 Å². The number of ketones is 1. The van der Waals surface area contributed by atoms with Gasteiger partial charge >= 0.3 is 5.97 Å². The first-order valence-electron chi connectivity index (χ1n) is 9.70. The normalized spacial score (nSPS) is 10.8. The van der Waals surface area contributed by atoms with Crippen molar-refractivity contribution in [3.8, 4) is 22.6 Å². The van der Waals surface area contributed by atoms with Crippen LogP contribution in [0.25, 0.3) is 11.1 Å². The molecule has 0 aliphatic rings. The van der Waals surface area contributed by atoms with Crippen molar-refractivity contribution in [3.05, 3.63) is 82.9 Å². The third-order valence-corrected chi connectivity index (χ3v) is 4.94. The molecule has 0 radical (unpaired) electrons. The number of phenols is 1. The number of aromatic carboxylic acids is 1. The zero-order valence-electron chi connectivity index (χ0n) is 17.2. The van der Waals surface area contributed by atoms with E-state index < -0.39 is 5.97 Å². The van der Waals surface area contributed by atoms with Gasteiger partial charge in [0.05, 0.1) is 11.1 Å². The maximum absolute atomic E-state index is 12.2. The molecule has 0 saturated carbocycles. The first kappa shape index (κ1) is 21.1. The summed E-state index contributed by atoms with van der Waals surface area (Å²) in [5.74, 6) is -0.828. The smallest absolute Gasteiger partial charge is 0.335 e. The van der Waals surface area contributed by atoms with E-state index in [1.54, 1.807) is 51.1 Å². The molecule has 154 valence electrons. The second-order valence-corrected chi connectivity index (χ2v) is 7.48. The molecule has 5 nitrogen and oxygen atoms in total. The van der Waals surface area contributed by atoms with Crippen LogP contribution in [-0.2, 0) is 6.61 Å². The van der Waals surface area contributed by atoms with Crippen LogP contribution in [-0.4, -0.2) is 22.0 Å². The summed E-state index contributed by atoms with van der Waals surface area (Å²) in [5.41, 5.74) is 3.64. The molecule has 0 bridgehead atoms. The minimum absolute atomic E-state index is 0.0505. The average molecular weight is 404 g/mol. The number of carboxylic acids is 1. The lowest BCUT2D eigenvalue weighted by Gasteiger charge is -2.14. The Morgan fingerprint density at radius 2 is 1.63 bits per heavy atom. The number of aromatic hydroxyl groups is 1. The van der Waals surface area contributed by atoms with Gasteiger partial charge in [-0.25, -0.2) is 4.79 Å². The van der Waals surface area contributed by atoms with Crippen LogP contribution >= 0.6 is 0 Å². The molecular weight excluding hydrogens is 380 g/mol. The van der Waals surface area contributed by atoms with Gasteiger partial charge < -0.3 is 14.9 Å². The Labute approximate surface area is 175 Å². The van der Waals surface area contributed by atoms with E-state index in [-0.39, 0.29) is 29.6 Å². The summed E-state index contributed by atoms with van der Waals surface area (Å²) in [7, 11) is 0. The Bertz CT molecular complexity index is 1100. The highest BCUT2D eigenvalue weighted by molar-refractivity contribution is 6.00. The number of Topliss-reactive ketones (excluding diaryl/α,β-unsaturated/α-hetero) is 1. The average Bonchev–Trinajstić information content (AvgIpc) is 2.74. The number of hydrogen-bond acceptors (Lipinski definition) is 4. The standard InChI is InChI=1S/C25H24O5/c1-15(2)23(26)21-10-11-22(16(3)24(21)27)30-14-17-6-4-7-18(12-17)19-8-5-9-20(13-19)25(28)29/h4-13,15,27H,14H2,1-3H3,(H,28,29). The van der Waals surface area contributed by atoms with Crippen LogP contribution in [0.3, 0.4) is 0 Å². The molecular formula is C25H24O5. The van der Waals surface area contributed by atoms with Gasteiger partial charge in [0.1, 0.15) is 18.1 Å². The molecule has 2 N–H and O–H groups in total. The van der Waals surface area contributed by atoms with Gasteiger partial charge in [-0.2, -0.15) is 0 Å². The van der Waals surface area contributed by atoms with Crippen molar-refractivity contribution in [1.82, 2.24) is 0 Å². The van der Waals surface area contributed by atoms with Gasteiger partial charge in [0.25, 0.3) is 0 Å². The molecule has 0 saturated heterocycles. The third-order valence-electron chi connectivity index (χ3n) is 4.94. The molecule has 3 rings (SSSR count). The van der Waals surface area contributed by atoms with Gasteiger partial charge in [-0.1, -0.05) is 44.2 Å². The van der Waals surface area contributed by atoms with Crippen LogP contribution in [0.15, 0.2) is 60.7 Å². The molecule has 0 unspecified atom stereocenters. The molecule has 0 atom stereocenters. The van der Waals surface area contributed by atoms with E-state index in [1.807, 2.05) is 30.3 Å². The number of phenolic OH excluding ortho intramolecular Hbond substituents is 1. The summed E-state index contributed by atoms with van der Waals surface area (Å²) in [6.07, 6.45) is 0. The molecule has 30 heavy (non-hydrogen) atoms. The second kappa shape index (κ2) is 8.82. The molecule has 0 aliphatic heterocycles. The Morgan fingerprint density at radius 3 is 2.30 bits per heavy atom. The number of benzene rings is 3. The molecule has 0 amide bonds. The molecule has 3 aromatic rings. The zero-order chi connectivity index (χ0) is 21.8. The summed E-state index contributed by atoms with van der Waals surface area (Å²) in [6, 6.07) is 17.7. The Hall–Kier alpha value is -3.60. The monoisotopic (exact) mass is 404 g/mol. The SMILES string of the molecule is Cc1c(OCc2cccc(-c3cccc(C(=O)O)c3)c2)ccc(C(=O)C(C)C)c1O. The summed E-state index contributed by atoms with van der Waals surface area (Å²) in [6.45, 7) is 5.57. The van der Waals surface area contributed by atoms with Crippen LogP contribution in [0.4, 0.5) is 0 Å². The van der Waals surface area contributed by atoms with Crippen molar-refractivity contribution in [1.29, 1.82) is 0 Å². The van der Waals surface area contributed by atoms with Gasteiger partial charge in [-0.3, -0.25) is 4.79 Å². The van der Waals surface area contributed by atoms with E-state index in [1.165, 1.54) is 0 Å². The summed E-state index contributed by atoms with van der Waals surface area (Å²) in [5, 5.41) is 19.6. The molecule has 0 fully saturated rings. The Kier molecular flexibility index (Phi) is 6.21. The fourth-order valence-corrected chi connectivity index (χ4v) is 3.18. The summed E-state index contributed by atoms with van der Waals surface area (Å²) >= 11 is 0. The second-order valence-electron chi connectivity index (χ2n) is 7.48. The van der Waals surface area contributed by atoms with Crippen molar-refractivity contribution in [2.24, 2.45) is 5.92 Å². The molecule has 0 aromatic heterocycles. The Balaban J connectivity index is 1.80. The lowest BCUT2D eigenvalue weighted by Crippen LogP contribution is -2.08. The molecule has 5 heteroatoms. The number of carbonyl (C=O) groups excluding carboxylic acids is 1. The number of rotatable bonds is 7. The van der Waals surface area contributed by atoms with Gasteiger partial charge in [-0.05, 0) is 53.9 Å². The van der Waals surface area contributed by atoms with Crippen molar-refractivity contribution < 1.29 is 24.5 Å². The molecule has 0 aliphatic carbocycles. The maximum atomic E-state index is 12.2. The van der Waals surface area contributed by atoms with Crippen molar-refractivity contribution >= 4 is 11.8 Å². The lowest BCUT2D eigenvalue weighted by molar-refractivity contribution is 0.0696. The van der Waals surface area contributed by atoms with E-state index in [9.17, 15) is 19.8 Å². The highest BCUT2D eigenvalue weighted by Crippen LogP contribution is 2.32. The first-order chi connectivity index (χ1) is 14.3. The van der Waals surface area contributed by atoms with Crippen LogP contribution in [0.5, 0.6) is 11.5 Å². The predicted octanol–water partition coefficient (Wildman–Crippen LogP) is 5.48. The van der Waals surface area contributed by atoms with Crippen LogP contribution in [0.1, 0.15) is 45.7 Å². The van der Waals surface area contributed by atoms with Gasteiger partial charge in [-0.15, -0.1) is 0 Å². The van der Waals surface area contributed by atoms with Crippen LogP contribution < -0.4 is 4.74 Å². The number of carboxylic acid groups (broad SMARTS) is 1. The first-order valence-corrected chi connectivity index (χ1v) is 9.70. The quantitative estimate of drug-likeness (QED) is 0.509. The third kappa shape index (κ3) is 4.51. The zero-order valence-corrected chi connectivity index (χ0v) is 17.2. The Morgan fingerprint density at radius 1 is 0.967 bits per heavy atom. The van der Waals surface area contributed by atoms with Gasteiger partial charge in [0.2, 0.25) is 0 Å². The summed E-state index contributed by atoms with van der Waals surface area (Å²) in [4.78, 5) is 23.4. The minimum Gasteiger partial charge on any atom is -0.507 e. The maximum Gasteiger partial charge on any atom is 0.335 e. The molecule has 0 spiro atoms. The van der Waals surface area contributed by atoms with Crippen LogP contribution in [0.2, 0.25) is 0 Å². The van der Waals surface area contributed by atoms with E-state index >= 15 is 0 Å². The van der Waals surface area contributed by atoms with E-state index in [2.05, 4.69) is 0 Å². The number of ether oxygens (including phenoxy) is 1. The summed E-state index contributed by atoms with van der Waals surface area (Å²) < 4.78 is 5.89. The van der Waals surface area contributed by atoms with Crippen molar-refractivity contribution in [3.63, 3.8) is 0 Å². The van der Waals surface area contributed by atoms with Crippen molar-refractivity contribution in [2.75, 3.05) is 0 Å². The number of carbonyl (C=O) groups is 2. The highest BCUT2D eigenvalue weighted by Gasteiger charge is 2.18. The van der Waals surface area contributed by atoms with E-state index in [0.29, 0.717) is 16.9 Å². The topological polar surface area (TPSA) is 83.8 Å². The number of hydrogen-bond donors (Lipinski definition) is 2. The lowest BCUT2D eigenvalue weighted by atomic mass is 9.98. The van der Waals surface area contributed by atoms with Gasteiger partial charge in [0, 0.05) is 11.5 Å². The predicted molar refractivity (Wildman–Crippen MR) is 115 cm³/mol. The van der Waals surface area contributed by atoms with E-state index in [4.69, 9.17) is 4.74 Å². The molecule has 3 aromatic carbocycles. The minimum atomic E-state index is -0.967. The van der Waals surface area contributed by atoms with Crippen molar-refractivity contribution in [2.45, 2.75) is 27.4 Å². The van der Waals surface area contributed by atoms with Crippen LogP contribution in [0, 0.1) is 12.8 Å². The largest absolute Gasteiger partial charge is 0.507 e.